The molecule has 0 aliphatic rings. The van der Waals surface area contributed by atoms with Crippen LogP contribution >= 0.6 is 23.4 Å². The molecule has 34 heavy (non-hydrogen) atoms. The number of benzene rings is 3. The van der Waals surface area contributed by atoms with Crippen molar-refractivity contribution in [2.24, 2.45) is 5.10 Å². The van der Waals surface area contributed by atoms with Crippen molar-refractivity contribution in [2.75, 3.05) is 24.7 Å². The minimum absolute atomic E-state index is 0.141. The SMILES string of the molecule is CN(C)c1ccc(/C=N\NC(=O)CSc2nnc(-c3ccc(Cl)cc3)n2-c2ccccc2)cc1. The predicted molar refractivity (Wildman–Crippen MR) is 139 cm³/mol. The lowest BCUT2D eigenvalue weighted by molar-refractivity contribution is -0.118. The number of halogens is 1. The average molecular weight is 491 g/mol. The number of thioether (sulfide) groups is 1. The first-order valence-electron chi connectivity index (χ1n) is 10.5. The normalized spacial score (nSPS) is 11.0. The van der Waals surface area contributed by atoms with Crippen LogP contribution in [0.1, 0.15) is 5.56 Å². The molecule has 4 aromatic rings. The molecule has 4 rings (SSSR count). The summed E-state index contributed by atoms with van der Waals surface area (Å²) in [7, 11) is 3.97. The van der Waals surface area contributed by atoms with Crippen LogP contribution in [0.15, 0.2) is 89.1 Å². The quantitative estimate of drug-likeness (QED) is 0.216. The zero-order valence-corrected chi connectivity index (χ0v) is 20.3. The van der Waals surface area contributed by atoms with E-state index >= 15 is 0 Å². The van der Waals surface area contributed by atoms with Gasteiger partial charge in [-0.05, 0) is 54.1 Å². The van der Waals surface area contributed by atoms with Crippen molar-refractivity contribution in [1.29, 1.82) is 0 Å². The van der Waals surface area contributed by atoms with Crippen molar-refractivity contribution in [1.82, 2.24) is 20.2 Å². The van der Waals surface area contributed by atoms with E-state index in [-0.39, 0.29) is 11.7 Å². The van der Waals surface area contributed by atoms with Crippen LogP contribution in [-0.4, -0.2) is 46.7 Å². The molecular formula is C25H23ClN6OS. The Morgan fingerprint density at radius 1 is 1.03 bits per heavy atom. The highest BCUT2D eigenvalue weighted by atomic mass is 35.5. The molecule has 0 unspecified atom stereocenters. The maximum Gasteiger partial charge on any atom is 0.250 e. The minimum Gasteiger partial charge on any atom is -0.378 e. The van der Waals surface area contributed by atoms with E-state index in [1.807, 2.05) is 102 Å². The summed E-state index contributed by atoms with van der Waals surface area (Å²) in [6.45, 7) is 0. The van der Waals surface area contributed by atoms with Crippen molar-refractivity contribution in [2.45, 2.75) is 5.16 Å². The molecule has 1 heterocycles. The van der Waals surface area contributed by atoms with Gasteiger partial charge in [-0.2, -0.15) is 5.10 Å². The number of hydrogen-bond donors (Lipinski definition) is 1. The van der Waals surface area contributed by atoms with Crippen molar-refractivity contribution >= 4 is 41.2 Å². The number of nitrogens with zero attached hydrogens (tertiary/aromatic N) is 5. The molecule has 0 spiro atoms. The van der Waals surface area contributed by atoms with Crippen molar-refractivity contribution in [3.63, 3.8) is 0 Å². The van der Waals surface area contributed by atoms with Gasteiger partial charge in [-0.1, -0.05) is 53.7 Å². The lowest BCUT2D eigenvalue weighted by Gasteiger charge is -2.11. The lowest BCUT2D eigenvalue weighted by Crippen LogP contribution is -2.20. The van der Waals surface area contributed by atoms with Gasteiger partial charge >= 0.3 is 0 Å². The molecular weight excluding hydrogens is 468 g/mol. The molecule has 1 aromatic heterocycles. The van der Waals surface area contributed by atoms with Crippen molar-refractivity contribution < 1.29 is 4.79 Å². The van der Waals surface area contributed by atoms with Gasteiger partial charge in [0, 0.05) is 36.1 Å². The first-order chi connectivity index (χ1) is 16.5. The number of amides is 1. The fourth-order valence-electron chi connectivity index (χ4n) is 3.16. The van der Waals surface area contributed by atoms with Gasteiger partial charge in [0.1, 0.15) is 0 Å². The van der Waals surface area contributed by atoms with Crippen LogP contribution in [0.25, 0.3) is 17.1 Å². The Kier molecular flexibility index (Phi) is 7.61. The summed E-state index contributed by atoms with van der Waals surface area (Å²) in [5, 5.41) is 14.0. The molecule has 3 aromatic carbocycles. The predicted octanol–water partition coefficient (Wildman–Crippen LogP) is 4.90. The topological polar surface area (TPSA) is 75.4 Å². The molecule has 0 atom stereocenters. The van der Waals surface area contributed by atoms with Crippen molar-refractivity contribution in [3.8, 4) is 17.1 Å². The number of carbonyl (C=O) groups is 1. The van der Waals surface area contributed by atoms with Crippen LogP contribution in [-0.2, 0) is 4.79 Å². The molecule has 1 amide bonds. The number of rotatable bonds is 8. The third kappa shape index (κ3) is 5.84. The molecule has 0 radical (unpaired) electrons. The van der Waals surface area contributed by atoms with Gasteiger partial charge in [0.2, 0.25) is 0 Å². The van der Waals surface area contributed by atoms with E-state index < -0.39 is 0 Å². The molecule has 0 aliphatic carbocycles. The van der Waals surface area contributed by atoms with Crippen LogP contribution in [0, 0.1) is 0 Å². The smallest absolute Gasteiger partial charge is 0.250 e. The Morgan fingerprint density at radius 3 is 2.41 bits per heavy atom. The maximum atomic E-state index is 12.4. The molecule has 0 bridgehead atoms. The third-order valence-electron chi connectivity index (χ3n) is 4.89. The molecule has 1 N–H and O–H groups in total. The molecule has 9 heteroatoms. The second kappa shape index (κ2) is 11.0. The molecule has 0 fully saturated rings. The summed E-state index contributed by atoms with van der Waals surface area (Å²) in [5.74, 6) is 0.578. The zero-order chi connectivity index (χ0) is 23.9. The van der Waals surface area contributed by atoms with Gasteiger partial charge in [0.15, 0.2) is 11.0 Å². The van der Waals surface area contributed by atoms with E-state index in [0.717, 1.165) is 22.5 Å². The number of nitrogens with one attached hydrogen (secondary N) is 1. The number of carbonyl (C=O) groups excluding carboxylic acids is 1. The minimum atomic E-state index is -0.234. The van der Waals surface area contributed by atoms with E-state index in [1.54, 1.807) is 6.21 Å². The fraction of sp³-hybridized carbons (Fsp3) is 0.120. The van der Waals surface area contributed by atoms with Crippen LogP contribution in [0.3, 0.4) is 0 Å². The number of aromatic nitrogens is 3. The van der Waals surface area contributed by atoms with Gasteiger partial charge in [-0.25, -0.2) is 5.43 Å². The Hall–Kier alpha value is -3.62. The monoisotopic (exact) mass is 490 g/mol. The summed E-state index contributed by atoms with van der Waals surface area (Å²) in [4.78, 5) is 14.4. The highest BCUT2D eigenvalue weighted by molar-refractivity contribution is 7.99. The summed E-state index contributed by atoms with van der Waals surface area (Å²) in [6, 6.07) is 25.1. The Morgan fingerprint density at radius 2 is 1.74 bits per heavy atom. The second-order valence-electron chi connectivity index (χ2n) is 7.55. The average Bonchev–Trinajstić information content (AvgIpc) is 3.28. The van der Waals surface area contributed by atoms with Gasteiger partial charge < -0.3 is 4.90 Å². The van der Waals surface area contributed by atoms with Crippen molar-refractivity contribution in [3.05, 3.63) is 89.4 Å². The highest BCUT2D eigenvalue weighted by Gasteiger charge is 2.17. The Bertz CT molecular complexity index is 1270. The van der Waals surface area contributed by atoms with Crippen LogP contribution in [0.2, 0.25) is 5.02 Å². The first-order valence-corrected chi connectivity index (χ1v) is 11.9. The first kappa shape index (κ1) is 23.5. The van der Waals surface area contributed by atoms with Crippen LogP contribution in [0.4, 0.5) is 5.69 Å². The zero-order valence-electron chi connectivity index (χ0n) is 18.7. The highest BCUT2D eigenvalue weighted by Crippen LogP contribution is 2.28. The van der Waals surface area contributed by atoms with Crippen LogP contribution in [0.5, 0.6) is 0 Å². The van der Waals surface area contributed by atoms with E-state index in [2.05, 4.69) is 20.7 Å². The second-order valence-corrected chi connectivity index (χ2v) is 8.93. The fourth-order valence-corrected chi connectivity index (χ4v) is 4.03. The van der Waals surface area contributed by atoms with Gasteiger partial charge in [0.25, 0.3) is 5.91 Å². The summed E-state index contributed by atoms with van der Waals surface area (Å²) < 4.78 is 1.93. The van der Waals surface area contributed by atoms with Gasteiger partial charge in [-0.15, -0.1) is 10.2 Å². The van der Waals surface area contributed by atoms with E-state index in [1.165, 1.54) is 11.8 Å². The third-order valence-corrected chi connectivity index (χ3v) is 6.08. The van der Waals surface area contributed by atoms with E-state index in [0.29, 0.717) is 16.0 Å². The molecule has 7 nitrogen and oxygen atoms in total. The van der Waals surface area contributed by atoms with E-state index in [4.69, 9.17) is 11.6 Å². The molecule has 0 aliphatic heterocycles. The lowest BCUT2D eigenvalue weighted by atomic mass is 10.2. The Balaban J connectivity index is 1.45. The number of anilines is 1. The summed E-state index contributed by atoms with van der Waals surface area (Å²) in [6.07, 6.45) is 1.62. The number of hydrogen-bond acceptors (Lipinski definition) is 6. The molecule has 0 saturated carbocycles. The largest absolute Gasteiger partial charge is 0.378 e. The maximum absolute atomic E-state index is 12.4. The van der Waals surface area contributed by atoms with E-state index in [9.17, 15) is 4.79 Å². The summed E-state index contributed by atoms with van der Waals surface area (Å²) in [5.41, 5.74) is 6.34. The van der Waals surface area contributed by atoms with Crippen LogP contribution < -0.4 is 10.3 Å². The number of hydrazone groups is 1. The Labute approximate surface area is 207 Å². The summed E-state index contributed by atoms with van der Waals surface area (Å²) >= 11 is 7.33. The van der Waals surface area contributed by atoms with Gasteiger partial charge in [-0.3, -0.25) is 9.36 Å². The van der Waals surface area contributed by atoms with Gasteiger partial charge in [0.05, 0.1) is 12.0 Å². The standard InChI is InChI=1S/C25H23ClN6OS/c1-31(2)21-14-8-18(9-15-21)16-27-28-23(33)17-34-25-30-29-24(19-10-12-20(26)13-11-19)32(25)22-6-4-3-5-7-22/h3-16H,17H2,1-2H3,(H,28,33)/b27-16-. The molecule has 172 valence electrons. The number of para-hydroxylation sites is 1. The molecule has 0 saturated heterocycles.